The summed E-state index contributed by atoms with van der Waals surface area (Å²) in [5, 5.41) is 0. The number of hydrogen-bond acceptors (Lipinski definition) is 2. The van der Waals surface area contributed by atoms with Crippen molar-refractivity contribution in [3.63, 3.8) is 0 Å². The highest BCUT2D eigenvalue weighted by atomic mass is 16.5. The summed E-state index contributed by atoms with van der Waals surface area (Å²) >= 11 is 0. The van der Waals surface area contributed by atoms with Crippen LogP contribution in [0.15, 0.2) is 24.3 Å². The van der Waals surface area contributed by atoms with E-state index in [1.807, 2.05) is 19.1 Å². The molecule has 0 spiro atoms. The molecule has 0 aromatic heterocycles. The van der Waals surface area contributed by atoms with Gasteiger partial charge in [-0.1, -0.05) is 12.1 Å². The molecule has 1 aliphatic rings. The first kappa shape index (κ1) is 11.4. The number of carbonyl (C=O) groups excluding carboxylic acids is 1. The van der Waals surface area contributed by atoms with Crippen LogP contribution in [-0.4, -0.2) is 11.4 Å². The predicted molar refractivity (Wildman–Crippen MR) is 65.6 cm³/mol. The van der Waals surface area contributed by atoms with Crippen molar-refractivity contribution in [2.45, 2.75) is 26.4 Å². The van der Waals surface area contributed by atoms with Gasteiger partial charge in [-0.05, 0) is 32.4 Å². The van der Waals surface area contributed by atoms with Crippen molar-refractivity contribution in [3.05, 3.63) is 46.8 Å². The Morgan fingerprint density at radius 2 is 2.06 bits per heavy atom. The maximum atomic E-state index is 11.6. The molecule has 0 N–H and O–H groups in total. The van der Waals surface area contributed by atoms with Crippen LogP contribution in [0.4, 0.5) is 5.69 Å². The van der Waals surface area contributed by atoms with Crippen LogP contribution in [-0.2, 0) is 9.53 Å². The molecule has 0 unspecified atom stereocenters. The van der Waals surface area contributed by atoms with Crippen LogP contribution in [0, 0.1) is 13.5 Å². The Bertz CT molecular complexity index is 562. The summed E-state index contributed by atoms with van der Waals surface area (Å²) in [6.07, 6.45) is 1.50. The molecule has 0 bridgehead atoms. The fourth-order valence-corrected chi connectivity index (χ4v) is 1.67. The van der Waals surface area contributed by atoms with E-state index in [1.54, 1.807) is 19.9 Å². The van der Waals surface area contributed by atoms with Gasteiger partial charge in [0.15, 0.2) is 11.3 Å². The lowest BCUT2D eigenvalue weighted by Crippen LogP contribution is -2.27. The Morgan fingerprint density at radius 3 is 2.59 bits per heavy atom. The fourth-order valence-electron chi connectivity index (χ4n) is 1.67. The zero-order valence-corrected chi connectivity index (χ0v) is 10.1. The van der Waals surface area contributed by atoms with E-state index in [1.165, 1.54) is 6.08 Å². The third kappa shape index (κ3) is 1.94. The molecule has 2 rings (SSSR count). The largest absolute Gasteiger partial charge is 0.479 e. The van der Waals surface area contributed by atoms with Crippen molar-refractivity contribution in [2.75, 3.05) is 0 Å². The van der Waals surface area contributed by atoms with E-state index >= 15 is 0 Å². The van der Waals surface area contributed by atoms with Gasteiger partial charge in [-0.3, -0.25) is 4.79 Å². The normalized spacial score (nSPS) is 17.3. The van der Waals surface area contributed by atoms with Crippen molar-refractivity contribution >= 4 is 17.2 Å². The van der Waals surface area contributed by atoms with Crippen LogP contribution < -0.4 is 0 Å². The Labute approximate surface area is 101 Å². The minimum Gasteiger partial charge on any atom is -0.479 e. The maximum absolute atomic E-state index is 11.6. The van der Waals surface area contributed by atoms with Gasteiger partial charge in [0.2, 0.25) is 5.78 Å². The Morgan fingerprint density at radius 1 is 1.35 bits per heavy atom. The molecular formula is C14H13NO2. The number of hydrogen-bond donors (Lipinski definition) is 0. The molecule has 0 radical (unpaired) electrons. The second-order valence-corrected chi connectivity index (χ2v) is 4.60. The van der Waals surface area contributed by atoms with Gasteiger partial charge >= 0.3 is 0 Å². The Kier molecular flexibility index (Phi) is 2.51. The second kappa shape index (κ2) is 3.74. The average Bonchev–Trinajstić information content (AvgIpc) is 2.54. The Balaban J connectivity index is 2.42. The summed E-state index contributed by atoms with van der Waals surface area (Å²) in [6, 6.07) is 5.48. The van der Waals surface area contributed by atoms with Crippen LogP contribution >= 0.6 is 0 Å². The van der Waals surface area contributed by atoms with Crippen molar-refractivity contribution in [2.24, 2.45) is 0 Å². The van der Waals surface area contributed by atoms with Crippen molar-refractivity contribution in [1.82, 2.24) is 0 Å². The highest BCUT2D eigenvalue weighted by Gasteiger charge is 2.35. The van der Waals surface area contributed by atoms with Gasteiger partial charge in [-0.25, -0.2) is 4.85 Å². The van der Waals surface area contributed by atoms with Gasteiger partial charge in [0.05, 0.1) is 6.57 Å². The van der Waals surface area contributed by atoms with Crippen molar-refractivity contribution < 1.29 is 9.53 Å². The first-order valence-electron chi connectivity index (χ1n) is 5.37. The number of carbonyl (C=O) groups is 1. The summed E-state index contributed by atoms with van der Waals surface area (Å²) < 4.78 is 5.60. The molecule has 1 aromatic rings. The number of ether oxygens (including phenoxy) is 1. The van der Waals surface area contributed by atoms with Crippen LogP contribution in [0.25, 0.3) is 10.6 Å². The summed E-state index contributed by atoms with van der Waals surface area (Å²) in [5.41, 5.74) is 1.50. The first-order chi connectivity index (χ1) is 7.94. The molecular weight excluding hydrogens is 214 g/mol. The molecule has 0 fully saturated rings. The highest BCUT2D eigenvalue weighted by molar-refractivity contribution is 6.04. The number of benzene rings is 1. The van der Waals surface area contributed by atoms with E-state index in [0.717, 1.165) is 11.1 Å². The molecule has 1 heterocycles. The second-order valence-electron chi connectivity index (χ2n) is 4.60. The molecule has 0 saturated heterocycles. The van der Waals surface area contributed by atoms with Gasteiger partial charge in [0.1, 0.15) is 5.76 Å². The number of rotatable bonds is 1. The lowest BCUT2D eigenvalue weighted by molar-refractivity contribution is -0.125. The van der Waals surface area contributed by atoms with Crippen LogP contribution in [0.5, 0.6) is 0 Å². The maximum Gasteiger partial charge on any atom is 0.202 e. The molecule has 0 saturated carbocycles. The monoisotopic (exact) mass is 227 g/mol. The summed E-state index contributed by atoms with van der Waals surface area (Å²) in [5.74, 6) is 0.502. The standard InChI is InChI=1S/C14H13NO2/c1-9-5-6-10(7-11(9)15-4)12-8-13(16)14(2,3)17-12/h5-8H,1-3H3. The lowest BCUT2D eigenvalue weighted by Gasteiger charge is -2.18. The summed E-state index contributed by atoms with van der Waals surface area (Å²) in [7, 11) is 0. The average molecular weight is 227 g/mol. The summed E-state index contributed by atoms with van der Waals surface area (Å²) in [6.45, 7) is 12.4. The molecule has 1 aromatic carbocycles. The zero-order valence-electron chi connectivity index (χ0n) is 10.1. The van der Waals surface area contributed by atoms with Gasteiger partial charge in [-0.2, -0.15) is 0 Å². The zero-order chi connectivity index (χ0) is 12.6. The van der Waals surface area contributed by atoms with E-state index in [2.05, 4.69) is 4.85 Å². The molecule has 0 atom stereocenters. The quantitative estimate of drug-likeness (QED) is 0.689. The van der Waals surface area contributed by atoms with Crippen molar-refractivity contribution in [1.29, 1.82) is 0 Å². The van der Waals surface area contributed by atoms with E-state index in [9.17, 15) is 4.79 Å². The molecule has 0 aliphatic carbocycles. The topological polar surface area (TPSA) is 30.7 Å². The minimum atomic E-state index is -0.793. The minimum absolute atomic E-state index is 0.0440. The van der Waals surface area contributed by atoms with Crippen LogP contribution in [0.1, 0.15) is 25.0 Å². The number of aryl methyl sites for hydroxylation is 1. The van der Waals surface area contributed by atoms with Gasteiger partial charge < -0.3 is 4.74 Å². The first-order valence-corrected chi connectivity index (χ1v) is 5.37. The fraction of sp³-hybridized carbons (Fsp3) is 0.286. The molecule has 17 heavy (non-hydrogen) atoms. The van der Waals surface area contributed by atoms with E-state index < -0.39 is 5.60 Å². The smallest absolute Gasteiger partial charge is 0.202 e. The molecule has 3 heteroatoms. The van der Waals surface area contributed by atoms with E-state index in [4.69, 9.17) is 11.3 Å². The lowest BCUT2D eigenvalue weighted by atomic mass is 10.1. The van der Waals surface area contributed by atoms with Crippen molar-refractivity contribution in [3.8, 4) is 0 Å². The predicted octanol–water partition coefficient (Wildman–Crippen LogP) is 3.26. The van der Waals surface area contributed by atoms with E-state index in [-0.39, 0.29) is 5.78 Å². The molecule has 86 valence electrons. The summed E-state index contributed by atoms with van der Waals surface area (Å²) in [4.78, 5) is 15.1. The molecule has 3 nitrogen and oxygen atoms in total. The SMILES string of the molecule is [C-]#[N+]c1cc(C2=CC(=O)C(C)(C)O2)ccc1C. The molecule has 0 amide bonds. The highest BCUT2D eigenvalue weighted by Crippen LogP contribution is 2.33. The van der Waals surface area contributed by atoms with Crippen LogP contribution in [0.3, 0.4) is 0 Å². The third-order valence-corrected chi connectivity index (χ3v) is 2.83. The van der Waals surface area contributed by atoms with Crippen LogP contribution in [0.2, 0.25) is 0 Å². The third-order valence-electron chi connectivity index (χ3n) is 2.83. The van der Waals surface area contributed by atoms with Gasteiger partial charge in [0.25, 0.3) is 0 Å². The number of nitrogens with zero attached hydrogens (tertiary/aromatic N) is 1. The Hall–Kier alpha value is -2.08. The number of ketones is 1. The van der Waals surface area contributed by atoms with Gasteiger partial charge in [0, 0.05) is 11.6 Å². The van der Waals surface area contributed by atoms with E-state index in [0.29, 0.717) is 11.4 Å². The molecule has 1 aliphatic heterocycles. The van der Waals surface area contributed by atoms with Gasteiger partial charge in [-0.15, -0.1) is 0 Å².